The Morgan fingerprint density at radius 3 is 1.58 bits per heavy atom. The Labute approximate surface area is 347 Å². The van der Waals surface area contributed by atoms with Crippen LogP contribution in [0.2, 0.25) is 0 Å². The highest BCUT2D eigenvalue weighted by molar-refractivity contribution is 6.05. The molecule has 10 aromatic rings. The average molecular weight is 767 g/mol. The van der Waals surface area contributed by atoms with E-state index >= 15 is 0 Å². The predicted molar refractivity (Wildman–Crippen MR) is 240 cm³/mol. The Morgan fingerprint density at radius 1 is 0.350 bits per heavy atom. The maximum atomic E-state index is 6.71. The van der Waals surface area contributed by atoms with Gasteiger partial charge in [-0.15, -0.1) is 0 Å². The maximum absolute atomic E-state index is 6.71. The third-order valence-electron chi connectivity index (χ3n) is 12.0. The minimum atomic E-state index is -0.706. The van der Waals surface area contributed by atoms with E-state index in [4.69, 9.17) is 24.7 Å². The van der Waals surface area contributed by atoms with Crippen LogP contribution in [0.1, 0.15) is 22.3 Å². The zero-order valence-corrected chi connectivity index (χ0v) is 32.3. The number of benzene rings is 8. The van der Waals surface area contributed by atoms with Gasteiger partial charge in [0.25, 0.3) is 0 Å². The zero-order valence-electron chi connectivity index (χ0n) is 32.3. The average Bonchev–Trinajstić information content (AvgIpc) is 3.63. The van der Waals surface area contributed by atoms with E-state index in [9.17, 15) is 0 Å². The van der Waals surface area contributed by atoms with Crippen LogP contribution in [0.3, 0.4) is 0 Å². The molecule has 5 nitrogen and oxygen atoms in total. The molecule has 0 radical (unpaired) electrons. The number of hydrogen-bond acceptors (Lipinski definition) is 5. The van der Waals surface area contributed by atoms with Crippen LogP contribution < -0.4 is 4.74 Å². The summed E-state index contributed by atoms with van der Waals surface area (Å²) in [6, 6.07) is 69.9. The van der Waals surface area contributed by atoms with Crippen LogP contribution >= 0.6 is 0 Å². The minimum Gasteiger partial charge on any atom is -0.457 e. The normalized spacial score (nSPS) is 12.9. The smallest absolute Gasteiger partial charge is 0.164 e. The fourth-order valence-electron chi connectivity index (χ4n) is 9.53. The molecule has 2 aromatic heterocycles. The molecule has 0 saturated heterocycles. The number of aromatic nitrogens is 4. The van der Waals surface area contributed by atoms with Crippen molar-refractivity contribution < 1.29 is 4.74 Å². The van der Waals surface area contributed by atoms with Gasteiger partial charge in [0.2, 0.25) is 0 Å². The van der Waals surface area contributed by atoms with Gasteiger partial charge in [-0.3, -0.25) is 4.98 Å². The molecule has 60 heavy (non-hydrogen) atoms. The van der Waals surface area contributed by atoms with Crippen LogP contribution in [0.25, 0.3) is 78.4 Å². The molecule has 0 N–H and O–H groups in total. The van der Waals surface area contributed by atoms with Crippen molar-refractivity contribution in [2.75, 3.05) is 0 Å². The molecule has 12 rings (SSSR count). The second-order valence-electron chi connectivity index (χ2n) is 15.3. The summed E-state index contributed by atoms with van der Waals surface area (Å²) in [5.74, 6) is 3.49. The number of nitrogens with zero attached hydrogens (tertiary/aromatic N) is 4. The van der Waals surface area contributed by atoms with Crippen molar-refractivity contribution in [3.8, 4) is 79.0 Å². The third kappa shape index (κ3) is 5.12. The monoisotopic (exact) mass is 766 g/mol. The molecule has 280 valence electrons. The molecule has 0 saturated carbocycles. The lowest BCUT2D eigenvalue weighted by Gasteiger charge is -2.39. The van der Waals surface area contributed by atoms with Crippen LogP contribution in [0, 0.1) is 0 Å². The van der Waals surface area contributed by atoms with Crippen LogP contribution in [0.4, 0.5) is 0 Å². The highest BCUT2D eigenvalue weighted by Crippen LogP contribution is 2.64. The van der Waals surface area contributed by atoms with E-state index in [1.54, 1.807) is 0 Å². The zero-order chi connectivity index (χ0) is 39.6. The second kappa shape index (κ2) is 13.5. The summed E-state index contributed by atoms with van der Waals surface area (Å²) in [6.45, 7) is 0. The molecule has 2 aliphatic rings. The Kier molecular flexibility index (Phi) is 7.69. The van der Waals surface area contributed by atoms with Gasteiger partial charge in [0.1, 0.15) is 11.5 Å². The molecule has 1 spiro atoms. The summed E-state index contributed by atoms with van der Waals surface area (Å²) >= 11 is 0. The van der Waals surface area contributed by atoms with Gasteiger partial charge < -0.3 is 4.74 Å². The Hall–Kier alpha value is -8.02. The summed E-state index contributed by atoms with van der Waals surface area (Å²) in [7, 11) is 0. The highest BCUT2D eigenvalue weighted by Gasteiger charge is 2.52. The minimum absolute atomic E-state index is 0.600. The van der Waals surface area contributed by atoms with Gasteiger partial charge in [-0.1, -0.05) is 176 Å². The van der Waals surface area contributed by atoms with Gasteiger partial charge in [0, 0.05) is 45.0 Å². The van der Waals surface area contributed by atoms with Crippen molar-refractivity contribution in [1.82, 2.24) is 19.9 Å². The molecule has 0 fully saturated rings. The van der Waals surface area contributed by atoms with Crippen molar-refractivity contribution in [3.05, 3.63) is 229 Å². The Morgan fingerprint density at radius 2 is 0.850 bits per heavy atom. The van der Waals surface area contributed by atoms with Crippen LogP contribution in [0.5, 0.6) is 11.5 Å². The van der Waals surface area contributed by atoms with E-state index in [-0.39, 0.29) is 0 Å². The molecular formula is C55H34N4O. The van der Waals surface area contributed by atoms with E-state index in [0.29, 0.717) is 17.5 Å². The second-order valence-corrected chi connectivity index (χ2v) is 15.3. The Balaban J connectivity index is 1.19. The lowest BCUT2D eigenvalue weighted by atomic mass is 9.66. The first-order chi connectivity index (χ1) is 29.8. The SMILES string of the molecule is c1ccc(-c2cccc(-c3nc(-c4ccccc4)nc(-c4cccc5c4-c4c(-c6cccc7cccnc67)cccc4C54c5ccccc5Oc5ccccc54)n3)c2)cc1. The van der Waals surface area contributed by atoms with E-state index in [1.807, 2.05) is 36.5 Å². The van der Waals surface area contributed by atoms with E-state index in [2.05, 4.69) is 170 Å². The summed E-state index contributed by atoms with van der Waals surface area (Å²) in [5, 5.41) is 1.09. The molecule has 0 unspecified atom stereocenters. The van der Waals surface area contributed by atoms with E-state index in [1.165, 1.54) is 5.56 Å². The van der Waals surface area contributed by atoms with Crippen LogP contribution in [0.15, 0.2) is 206 Å². The number of para-hydroxylation sites is 3. The first-order valence-electron chi connectivity index (χ1n) is 20.2. The summed E-state index contributed by atoms with van der Waals surface area (Å²) in [4.78, 5) is 20.9. The first kappa shape index (κ1) is 34.1. The molecule has 0 amide bonds. The largest absolute Gasteiger partial charge is 0.457 e. The lowest BCUT2D eigenvalue weighted by molar-refractivity contribution is 0.436. The van der Waals surface area contributed by atoms with Gasteiger partial charge >= 0.3 is 0 Å². The molecule has 8 aromatic carbocycles. The van der Waals surface area contributed by atoms with Gasteiger partial charge in [0.15, 0.2) is 17.5 Å². The topological polar surface area (TPSA) is 60.8 Å². The van der Waals surface area contributed by atoms with Crippen LogP contribution in [-0.4, -0.2) is 19.9 Å². The molecule has 1 aliphatic heterocycles. The molecule has 3 heterocycles. The number of hydrogen-bond donors (Lipinski definition) is 0. The van der Waals surface area contributed by atoms with Crippen LogP contribution in [-0.2, 0) is 5.41 Å². The predicted octanol–water partition coefficient (Wildman–Crippen LogP) is 13.2. The highest BCUT2D eigenvalue weighted by atomic mass is 16.5. The van der Waals surface area contributed by atoms with Crippen molar-refractivity contribution in [2.24, 2.45) is 0 Å². The summed E-state index contributed by atoms with van der Waals surface area (Å²) < 4.78 is 6.71. The van der Waals surface area contributed by atoms with Crippen molar-refractivity contribution >= 4 is 10.9 Å². The molecular weight excluding hydrogens is 733 g/mol. The van der Waals surface area contributed by atoms with Gasteiger partial charge in [-0.25, -0.2) is 15.0 Å². The fourth-order valence-corrected chi connectivity index (χ4v) is 9.53. The molecule has 5 heteroatoms. The third-order valence-corrected chi connectivity index (χ3v) is 12.0. The quantitative estimate of drug-likeness (QED) is 0.175. The summed E-state index contributed by atoms with van der Waals surface area (Å²) in [6.07, 6.45) is 1.88. The molecule has 0 atom stereocenters. The lowest BCUT2D eigenvalue weighted by Crippen LogP contribution is -2.32. The standard InChI is InChI=1S/C55H34N4O/c1-3-16-35(17-4-1)38-21-11-22-39(34-38)53-57-52(37-18-5-2-6-19-37)58-54(59-53)42-26-14-30-46-50(42)49-40(41-25-12-20-36-23-15-33-56-51(36)41)24-13-29-45(49)55(46)43-27-7-9-31-47(43)60-48-32-10-8-28-44(48)55/h1-34H. The van der Waals surface area contributed by atoms with E-state index in [0.717, 1.165) is 89.2 Å². The number of fused-ring (bicyclic) bond motifs is 10. The Bertz CT molecular complexity index is 3260. The fraction of sp³-hybridized carbons (Fsp3) is 0.0182. The number of rotatable bonds is 5. The van der Waals surface area contributed by atoms with Crippen molar-refractivity contribution in [3.63, 3.8) is 0 Å². The van der Waals surface area contributed by atoms with Gasteiger partial charge in [-0.2, -0.15) is 0 Å². The van der Waals surface area contributed by atoms with Crippen molar-refractivity contribution in [2.45, 2.75) is 5.41 Å². The number of ether oxygens (including phenoxy) is 1. The van der Waals surface area contributed by atoms with Gasteiger partial charge in [-0.05, 0) is 63.2 Å². The van der Waals surface area contributed by atoms with E-state index < -0.39 is 5.41 Å². The first-order valence-corrected chi connectivity index (χ1v) is 20.2. The van der Waals surface area contributed by atoms with Crippen molar-refractivity contribution in [1.29, 1.82) is 0 Å². The molecule has 1 aliphatic carbocycles. The molecule has 0 bridgehead atoms. The number of pyridine rings is 1. The maximum Gasteiger partial charge on any atom is 0.164 e. The van der Waals surface area contributed by atoms with Gasteiger partial charge in [0.05, 0.1) is 10.9 Å². The summed E-state index contributed by atoms with van der Waals surface area (Å²) in [5.41, 5.74) is 14.1.